The standard InChI is InChI=1S/C8H10O4.Li/c9-7(10)5-3-1-2-4-6(5)8(11)12;/h1-2,5-6H,3-4H2,(H,9,10)(H,11,12);. The molecule has 2 unspecified atom stereocenters. The molecule has 2 atom stereocenters. The molecule has 0 saturated carbocycles. The minimum atomic E-state index is -1.02. The van der Waals surface area contributed by atoms with Crippen molar-refractivity contribution in [3.63, 3.8) is 0 Å². The first kappa shape index (κ1) is 12.3. The normalized spacial score (nSPS) is 26.2. The van der Waals surface area contributed by atoms with Crippen molar-refractivity contribution in [2.75, 3.05) is 0 Å². The Morgan fingerprint density at radius 3 is 1.54 bits per heavy atom. The Morgan fingerprint density at radius 1 is 1.00 bits per heavy atom. The summed E-state index contributed by atoms with van der Waals surface area (Å²) >= 11 is 0. The van der Waals surface area contributed by atoms with Crippen LogP contribution in [-0.4, -0.2) is 41.0 Å². The molecule has 1 rings (SSSR count). The van der Waals surface area contributed by atoms with Crippen LogP contribution < -0.4 is 0 Å². The van der Waals surface area contributed by atoms with Crippen molar-refractivity contribution >= 4 is 30.8 Å². The summed E-state index contributed by atoms with van der Waals surface area (Å²) in [5.74, 6) is -3.56. The Morgan fingerprint density at radius 2 is 1.31 bits per heavy atom. The van der Waals surface area contributed by atoms with Crippen molar-refractivity contribution < 1.29 is 19.8 Å². The zero-order valence-electron chi connectivity index (χ0n) is 7.43. The Balaban J connectivity index is 0.00000144. The topological polar surface area (TPSA) is 74.6 Å². The van der Waals surface area contributed by atoms with Gasteiger partial charge in [-0.15, -0.1) is 0 Å². The number of rotatable bonds is 2. The van der Waals surface area contributed by atoms with Crippen molar-refractivity contribution in [3.8, 4) is 0 Å². The molecule has 13 heavy (non-hydrogen) atoms. The summed E-state index contributed by atoms with van der Waals surface area (Å²) in [7, 11) is 0. The predicted octanol–water partition coefficient (Wildman–Crippen LogP) is 0.357. The average molecular weight is 177 g/mol. The third-order valence-electron chi connectivity index (χ3n) is 2.07. The molecule has 2 N–H and O–H groups in total. The van der Waals surface area contributed by atoms with Crippen molar-refractivity contribution in [3.05, 3.63) is 12.2 Å². The van der Waals surface area contributed by atoms with E-state index in [1.165, 1.54) is 0 Å². The van der Waals surface area contributed by atoms with Gasteiger partial charge in [-0.3, -0.25) is 9.59 Å². The Bertz CT molecular complexity index is 212. The molecule has 1 radical (unpaired) electrons. The molecule has 0 aromatic heterocycles. The third-order valence-corrected chi connectivity index (χ3v) is 2.07. The summed E-state index contributed by atoms with van der Waals surface area (Å²) < 4.78 is 0. The molecule has 0 bridgehead atoms. The van der Waals surface area contributed by atoms with Gasteiger partial charge in [0, 0.05) is 18.9 Å². The summed E-state index contributed by atoms with van der Waals surface area (Å²) in [6, 6.07) is 0. The Labute approximate surface area is 87.8 Å². The maximum absolute atomic E-state index is 10.6. The fourth-order valence-electron chi connectivity index (χ4n) is 1.36. The zero-order valence-corrected chi connectivity index (χ0v) is 7.43. The molecule has 0 saturated heterocycles. The second kappa shape index (κ2) is 5.10. The van der Waals surface area contributed by atoms with Crippen molar-refractivity contribution in [2.24, 2.45) is 11.8 Å². The van der Waals surface area contributed by atoms with E-state index in [0.29, 0.717) is 12.8 Å². The Kier molecular flexibility index (Phi) is 4.82. The number of carboxylic acids is 2. The fourth-order valence-corrected chi connectivity index (χ4v) is 1.36. The van der Waals surface area contributed by atoms with Crippen molar-refractivity contribution in [1.29, 1.82) is 0 Å². The van der Waals surface area contributed by atoms with E-state index in [4.69, 9.17) is 10.2 Å². The summed E-state index contributed by atoms with van der Waals surface area (Å²) in [5.41, 5.74) is 0. The van der Waals surface area contributed by atoms with E-state index in [0.717, 1.165) is 0 Å². The van der Waals surface area contributed by atoms with Gasteiger partial charge in [-0.25, -0.2) is 0 Å². The van der Waals surface area contributed by atoms with Gasteiger partial charge in [0.15, 0.2) is 0 Å². The van der Waals surface area contributed by atoms with Crippen LogP contribution in [0.5, 0.6) is 0 Å². The van der Waals surface area contributed by atoms with Gasteiger partial charge in [-0.1, -0.05) is 12.2 Å². The molecule has 0 aromatic carbocycles. The van der Waals surface area contributed by atoms with Crippen molar-refractivity contribution in [2.45, 2.75) is 12.8 Å². The number of hydrogen-bond donors (Lipinski definition) is 2. The van der Waals surface area contributed by atoms with E-state index in [9.17, 15) is 9.59 Å². The maximum Gasteiger partial charge on any atom is 0.307 e. The van der Waals surface area contributed by atoms with Gasteiger partial charge in [-0.2, -0.15) is 0 Å². The van der Waals surface area contributed by atoms with Crippen LogP contribution >= 0.6 is 0 Å². The number of aliphatic carboxylic acids is 2. The van der Waals surface area contributed by atoms with Gasteiger partial charge in [-0.05, 0) is 12.8 Å². The quantitative estimate of drug-likeness (QED) is 0.471. The summed E-state index contributed by atoms with van der Waals surface area (Å²) in [5, 5.41) is 17.3. The van der Waals surface area contributed by atoms with E-state index in [-0.39, 0.29) is 18.9 Å². The molecular weight excluding hydrogens is 167 g/mol. The average Bonchev–Trinajstić information content (AvgIpc) is 2.04. The minimum Gasteiger partial charge on any atom is -0.481 e. The first-order valence-electron chi connectivity index (χ1n) is 3.73. The van der Waals surface area contributed by atoms with Crippen LogP contribution in [0.2, 0.25) is 0 Å². The molecule has 67 valence electrons. The molecule has 1 aliphatic carbocycles. The maximum atomic E-state index is 10.6. The van der Waals surface area contributed by atoms with Crippen LogP contribution in [0.3, 0.4) is 0 Å². The van der Waals surface area contributed by atoms with E-state index < -0.39 is 23.8 Å². The molecule has 0 amide bonds. The monoisotopic (exact) mass is 177 g/mol. The predicted molar refractivity (Wildman–Crippen MR) is 46.4 cm³/mol. The minimum absolute atomic E-state index is 0. The van der Waals surface area contributed by atoms with Crippen LogP contribution in [0.1, 0.15) is 12.8 Å². The Hall–Kier alpha value is -0.723. The SMILES string of the molecule is O=C(O)C1CC=CCC1C(=O)O.[Li]. The first-order chi connectivity index (χ1) is 5.63. The van der Waals surface area contributed by atoms with Crippen LogP contribution in [0.4, 0.5) is 0 Å². The molecule has 5 heteroatoms. The second-order valence-electron chi connectivity index (χ2n) is 2.83. The molecule has 0 heterocycles. The molecule has 0 aliphatic heterocycles. The molecular formula is C8H10LiO4. The fraction of sp³-hybridized carbons (Fsp3) is 0.500. The number of hydrogen-bond acceptors (Lipinski definition) is 2. The summed E-state index contributed by atoms with van der Waals surface area (Å²) in [6.45, 7) is 0. The van der Waals surface area contributed by atoms with Gasteiger partial charge in [0.05, 0.1) is 11.8 Å². The third kappa shape index (κ3) is 2.91. The smallest absolute Gasteiger partial charge is 0.307 e. The van der Waals surface area contributed by atoms with Crippen LogP contribution in [0.15, 0.2) is 12.2 Å². The van der Waals surface area contributed by atoms with Gasteiger partial charge < -0.3 is 10.2 Å². The van der Waals surface area contributed by atoms with E-state index in [1.54, 1.807) is 12.2 Å². The molecule has 0 aromatic rings. The van der Waals surface area contributed by atoms with Crippen LogP contribution in [0.25, 0.3) is 0 Å². The zero-order chi connectivity index (χ0) is 9.14. The van der Waals surface area contributed by atoms with E-state index in [2.05, 4.69) is 0 Å². The molecule has 1 aliphatic rings. The van der Waals surface area contributed by atoms with Crippen LogP contribution in [-0.2, 0) is 9.59 Å². The van der Waals surface area contributed by atoms with Gasteiger partial charge >= 0.3 is 11.9 Å². The number of carboxylic acid groups (broad SMARTS) is 2. The van der Waals surface area contributed by atoms with Crippen LogP contribution in [0, 0.1) is 11.8 Å². The van der Waals surface area contributed by atoms with Crippen molar-refractivity contribution in [1.82, 2.24) is 0 Å². The molecule has 0 spiro atoms. The second-order valence-corrected chi connectivity index (χ2v) is 2.83. The summed E-state index contributed by atoms with van der Waals surface area (Å²) in [6.07, 6.45) is 4.09. The molecule has 0 fully saturated rings. The molecule has 4 nitrogen and oxygen atoms in total. The first-order valence-corrected chi connectivity index (χ1v) is 3.73. The summed E-state index contributed by atoms with van der Waals surface area (Å²) in [4.78, 5) is 21.1. The van der Waals surface area contributed by atoms with Gasteiger partial charge in [0.2, 0.25) is 0 Å². The largest absolute Gasteiger partial charge is 0.481 e. The van der Waals surface area contributed by atoms with E-state index in [1.807, 2.05) is 0 Å². The van der Waals surface area contributed by atoms with E-state index >= 15 is 0 Å². The van der Waals surface area contributed by atoms with Gasteiger partial charge in [0.25, 0.3) is 0 Å². The number of carbonyl (C=O) groups is 2. The number of allylic oxidation sites excluding steroid dienone is 2. The van der Waals surface area contributed by atoms with Gasteiger partial charge in [0.1, 0.15) is 0 Å².